The van der Waals surface area contributed by atoms with E-state index in [4.69, 9.17) is 11.6 Å². The van der Waals surface area contributed by atoms with E-state index >= 15 is 0 Å². The third kappa shape index (κ3) is 3.83. The quantitative estimate of drug-likeness (QED) is 0.411. The third-order valence-electron chi connectivity index (χ3n) is 3.82. The molecule has 0 aliphatic rings. The van der Waals surface area contributed by atoms with E-state index < -0.39 is 0 Å². The minimum atomic E-state index is 0.0218. The minimum absolute atomic E-state index is 0.0218. The number of hydrogen-bond acceptors (Lipinski definition) is 7. The fourth-order valence-corrected chi connectivity index (χ4v) is 2.81. The first kappa shape index (κ1) is 16.9. The summed E-state index contributed by atoms with van der Waals surface area (Å²) in [5, 5.41) is 27.1. The molecule has 4 N–H and O–H groups in total. The lowest BCUT2D eigenvalue weighted by atomic mass is 10.1. The number of fused-ring (bicyclic) bond motifs is 1. The van der Waals surface area contributed by atoms with Gasteiger partial charge in [-0.2, -0.15) is 15.0 Å². The average Bonchev–Trinajstić information content (AvgIpc) is 2.61. The van der Waals surface area contributed by atoms with Crippen molar-refractivity contribution in [2.24, 2.45) is 0 Å². The van der Waals surface area contributed by atoms with Crippen molar-refractivity contribution >= 4 is 45.6 Å². The molecule has 0 amide bonds. The highest BCUT2D eigenvalue weighted by atomic mass is 35.5. The Labute approximate surface area is 159 Å². The van der Waals surface area contributed by atoms with Gasteiger partial charge in [-0.1, -0.05) is 18.2 Å². The molecule has 4 rings (SSSR count). The van der Waals surface area contributed by atoms with Crippen molar-refractivity contribution in [2.75, 3.05) is 10.6 Å². The SMILES string of the molecule is Oc1cccc(Nc2nc(Cl)nc(Nc3ccc4c(O)cccc4c3)n2)c1. The van der Waals surface area contributed by atoms with E-state index in [0.717, 1.165) is 16.5 Å². The number of anilines is 4. The molecule has 4 aromatic rings. The molecule has 3 aromatic carbocycles. The second-order valence-corrected chi connectivity index (χ2v) is 6.10. The number of hydrogen-bond donors (Lipinski definition) is 4. The fourth-order valence-electron chi connectivity index (χ4n) is 2.65. The number of aromatic hydroxyl groups is 2. The Balaban J connectivity index is 1.61. The van der Waals surface area contributed by atoms with Gasteiger partial charge in [0, 0.05) is 22.8 Å². The molecule has 0 radical (unpaired) electrons. The summed E-state index contributed by atoms with van der Waals surface area (Å²) in [6.07, 6.45) is 0. The molecule has 0 saturated heterocycles. The van der Waals surface area contributed by atoms with Crippen molar-refractivity contribution in [2.45, 2.75) is 0 Å². The van der Waals surface area contributed by atoms with Gasteiger partial charge in [0.25, 0.3) is 0 Å². The molecule has 27 heavy (non-hydrogen) atoms. The average molecular weight is 380 g/mol. The highest BCUT2D eigenvalue weighted by molar-refractivity contribution is 6.28. The van der Waals surface area contributed by atoms with Crippen molar-refractivity contribution in [3.05, 3.63) is 65.9 Å². The summed E-state index contributed by atoms with van der Waals surface area (Å²) in [4.78, 5) is 12.4. The molecule has 0 fully saturated rings. The molecule has 0 unspecified atom stereocenters. The Hall–Kier alpha value is -3.58. The van der Waals surface area contributed by atoms with Gasteiger partial charge in [0.1, 0.15) is 11.5 Å². The van der Waals surface area contributed by atoms with E-state index in [9.17, 15) is 10.2 Å². The molecule has 0 spiro atoms. The van der Waals surface area contributed by atoms with E-state index in [1.54, 1.807) is 36.4 Å². The maximum absolute atomic E-state index is 9.89. The van der Waals surface area contributed by atoms with Crippen LogP contribution in [0.15, 0.2) is 60.7 Å². The van der Waals surface area contributed by atoms with Crippen LogP contribution in [-0.4, -0.2) is 25.2 Å². The second kappa shape index (κ2) is 6.97. The largest absolute Gasteiger partial charge is 0.508 e. The third-order valence-corrected chi connectivity index (χ3v) is 3.99. The predicted molar refractivity (Wildman–Crippen MR) is 105 cm³/mol. The van der Waals surface area contributed by atoms with Crippen LogP contribution in [0.1, 0.15) is 0 Å². The molecule has 0 aliphatic heterocycles. The normalized spacial score (nSPS) is 10.7. The summed E-state index contributed by atoms with van der Waals surface area (Å²) in [6, 6.07) is 17.4. The van der Waals surface area contributed by atoms with Gasteiger partial charge >= 0.3 is 0 Å². The summed E-state index contributed by atoms with van der Waals surface area (Å²) in [5.41, 5.74) is 1.35. The first-order valence-electron chi connectivity index (χ1n) is 8.03. The van der Waals surface area contributed by atoms with Crippen molar-refractivity contribution in [3.8, 4) is 11.5 Å². The van der Waals surface area contributed by atoms with Crippen molar-refractivity contribution in [1.82, 2.24) is 15.0 Å². The summed E-state index contributed by atoms with van der Waals surface area (Å²) in [6.45, 7) is 0. The van der Waals surface area contributed by atoms with Crippen LogP contribution in [0.5, 0.6) is 11.5 Å². The molecule has 0 bridgehead atoms. The molecule has 134 valence electrons. The lowest BCUT2D eigenvalue weighted by Gasteiger charge is -2.09. The van der Waals surface area contributed by atoms with Crippen LogP contribution in [0.25, 0.3) is 10.8 Å². The van der Waals surface area contributed by atoms with Gasteiger partial charge in [-0.05, 0) is 53.4 Å². The van der Waals surface area contributed by atoms with Crippen LogP contribution in [-0.2, 0) is 0 Å². The highest BCUT2D eigenvalue weighted by Crippen LogP contribution is 2.28. The van der Waals surface area contributed by atoms with Gasteiger partial charge < -0.3 is 20.8 Å². The topological polar surface area (TPSA) is 103 Å². The van der Waals surface area contributed by atoms with E-state index in [-0.39, 0.29) is 28.7 Å². The van der Waals surface area contributed by atoms with Crippen LogP contribution >= 0.6 is 11.6 Å². The van der Waals surface area contributed by atoms with Gasteiger partial charge in [0.15, 0.2) is 0 Å². The number of benzene rings is 3. The highest BCUT2D eigenvalue weighted by Gasteiger charge is 2.07. The molecular formula is C19H14ClN5O2. The Kier molecular flexibility index (Phi) is 4.35. The molecule has 0 aliphatic carbocycles. The number of phenols is 2. The van der Waals surface area contributed by atoms with E-state index in [2.05, 4.69) is 25.6 Å². The first-order chi connectivity index (χ1) is 13.1. The van der Waals surface area contributed by atoms with E-state index in [0.29, 0.717) is 5.69 Å². The van der Waals surface area contributed by atoms with E-state index in [1.165, 1.54) is 0 Å². The lowest BCUT2D eigenvalue weighted by molar-refractivity contribution is 0.475. The monoisotopic (exact) mass is 379 g/mol. The second-order valence-electron chi connectivity index (χ2n) is 5.77. The Morgan fingerprint density at radius 3 is 2.19 bits per heavy atom. The molecule has 7 nitrogen and oxygen atoms in total. The molecule has 8 heteroatoms. The fraction of sp³-hybridized carbons (Fsp3) is 0. The first-order valence-corrected chi connectivity index (χ1v) is 8.41. The van der Waals surface area contributed by atoms with Crippen molar-refractivity contribution in [1.29, 1.82) is 0 Å². The van der Waals surface area contributed by atoms with Gasteiger partial charge in [-0.3, -0.25) is 0 Å². The minimum Gasteiger partial charge on any atom is -0.508 e. The summed E-state index contributed by atoms with van der Waals surface area (Å²) in [5.74, 6) is 0.844. The summed E-state index contributed by atoms with van der Waals surface area (Å²) in [7, 11) is 0. The van der Waals surface area contributed by atoms with Crippen molar-refractivity contribution in [3.63, 3.8) is 0 Å². The zero-order valence-electron chi connectivity index (χ0n) is 13.9. The Bertz CT molecular complexity index is 1140. The Morgan fingerprint density at radius 2 is 1.44 bits per heavy atom. The zero-order chi connectivity index (χ0) is 18.8. The number of nitrogens with one attached hydrogen (secondary N) is 2. The van der Waals surface area contributed by atoms with Gasteiger partial charge in [-0.15, -0.1) is 0 Å². The molecule has 1 heterocycles. The lowest BCUT2D eigenvalue weighted by Crippen LogP contribution is -2.04. The van der Waals surface area contributed by atoms with E-state index in [1.807, 2.05) is 24.3 Å². The van der Waals surface area contributed by atoms with Gasteiger partial charge in [0.05, 0.1) is 0 Å². The van der Waals surface area contributed by atoms with Crippen LogP contribution in [0.3, 0.4) is 0 Å². The number of aromatic nitrogens is 3. The molecular weight excluding hydrogens is 366 g/mol. The molecule has 1 aromatic heterocycles. The Morgan fingerprint density at radius 1 is 0.741 bits per heavy atom. The zero-order valence-corrected chi connectivity index (χ0v) is 14.6. The number of rotatable bonds is 4. The van der Waals surface area contributed by atoms with Crippen LogP contribution < -0.4 is 10.6 Å². The number of nitrogens with zero attached hydrogens (tertiary/aromatic N) is 3. The summed E-state index contributed by atoms with van der Waals surface area (Å²) < 4.78 is 0. The maximum Gasteiger partial charge on any atom is 0.233 e. The van der Waals surface area contributed by atoms with Gasteiger partial charge in [-0.25, -0.2) is 0 Å². The number of halogens is 1. The predicted octanol–water partition coefficient (Wildman–Crippen LogP) is 4.58. The molecule has 0 atom stereocenters. The van der Waals surface area contributed by atoms with Gasteiger partial charge in [0.2, 0.25) is 17.2 Å². The summed E-state index contributed by atoms with van der Waals surface area (Å²) >= 11 is 6.00. The number of phenolic OH excluding ortho intramolecular Hbond substituents is 2. The smallest absolute Gasteiger partial charge is 0.233 e. The van der Waals surface area contributed by atoms with Crippen LogP contribution in [0.4, 0.5) is 23.3 Å². The molecule has 0 saturated carbocycles. The van der Waals surface area contributed by atoms with Crippen LogP contribution in [0, 0.1) is 0 Å². The maximum atomic E-state index is 9.89. The standard InChI is InChI=1S/C19H14ClN5O2/c20-17-23-18(21-12-4-2-5-14(26)10-12)25-19(24-17)22-13-7-8-15-11(9-13)3-1-6-16(15)27/h1-10,26-27H,(H2,21,22,23,24,25). The van der Waals surface area contributed by atoms with Crippen molar-refractivity contribution < 1.29 is 10.2 Å². The van der Waals surface area contributed by atoms with Crippen LogP contribution in [0.2, 0.25) is 5.28 Å².